The zero-order valence-corrected chi connectivity index (χ0v) is 25.4. The van der Waals surface area contributed by atoms with Gasteiger partial charge in [0.15, 0.2) is 11.5 Å². The van der Waals surface area contributed by atoms with E-state index >= 15 is 0 Å². The number of piperidine rings is 2. The molecule has 2 fully saturated rings. The fraction of sp³-hybridized carbons (Fsp3) is 0.500. The Morgan fingerprint density at radius 3 is 2.55 bits per heavy atom. The van der Waals surface area contributed by atoms with Crippen LogP contribution in [0, 0.1) is 11.3 Å². The molecule has 4 aliphatic rings. The minimum atomic E-state index is -1.28. The molecule has 0 N–H and O–H groups in total. The molecule has 0 saturated carbocycles. The molecule has 0 aromatic heterocycles. The van der Waals surface area contributed by atoms with E-state index < -0.39 is 29.5 Å². The molecule has 44 heavy (non-hydrogen) atoms. The Kier molecular flexibility index (Phi) is 8.91. The first-order chi connectivity index (χ1) is 21.4. The number of amides is 2. The van der Waals surface area contributed by atoms with Crippen molar-refractivity contribution in [2.75, 3.05) is 33.6 Å². The van der Waals surface area contributed by atoms with Gasteiger partial charge in [-0.3, -0.25) is 14.4 Å². The minimum Gasteiger partial charge on any atom is -0.468 e. The molecule has 0 radical (unpaired) electrons. The highest BCUT2D eigenvalue weighted by atomic mass is 16.7. The van der Waals surface area contributed by atoms with Gasteiger partial charge < -0.3 is 33.5 Å². The lowest BCUT2D eigenvalue weighted by Crippen LogP contribution is -2.60. The summed E-state index contributed by atoms with van der Waals surface area (Å²) in [6.07, 6.45) is 3.85. The third-order valence-corrected chi connectivity index (χ3v) is 9.20. The van der Waals surface area contributed by atoms with E-state index in [0.29, 0.717) is 36.9 Å². The summed E-state index contributed by atoms with van der Waals surface area (Å²) in [6, 6.07) is 15.4. The molecule has 10 heteroatoms. The quantitative estimate of drug-likeness (QED) is 0.392. The number of likely N-dealkylation sites (tertiary alicyclic amines) is 2. The molecule has 2 aromatic carbocycles. The minimum absolute atomic E-state index is 0.0266. The molecular formula is C34H40N2O8. The van der Waals surface area contributed by atoms with Gasteiger partial charge in [-0.1, -0.05) is 36.4 Å². The third kappa shape index (κ3) is 5.93. The maximum Gasteiger partial charge on any atom is 0.320 e. The summed E-state index contributed by atoms with van der Waals surface area (Å²) < 4.78 is 28.9. The SMILES string of the molecule is COC(=O)[C@]12C[C@H](CC(=O)N3CCCCC3)C(=O)N(Cc3ccc4c(c3)OCO4)C1=C[C@H](COCc1ccccc1)O[C@@H]2C. The van der Waals surface area contributed by atoms with Crippen molar-refractivity contribution in [3.05, 3.63) is 71.4 Å². The van der Waals surface area contributed by atoms with Gasteiger partial charge in [0.05, 0.1) is 33.0 Å². The van der Waals surface area contributed by atoms with Gasteiger partial charge in [-0.2, -0.15) is 0 Å². The second-order valence-corrected chi connectivity index (χ2v) is 12.0. The van der Waals surface area contributed by atoms with E-state index in [1.165, 1.54) is 7.11 Å². The highest BCUT2D eigenvalue weighted by molar-refractivity contribution is 5.92. The first kappa shape index (κ1) is 30.1. The Labute approximate surface area is 257 Å². The van der Waals surface area contributed by atoms with Crippen molar-refractivity contribution in [3.8, 4) is 11.5 Å². The van der Waals surface area contributed by atoms with Gasteiger partial charge in [0, 0.05) is 31.1 Å². The van der Waals surface area contributed by atoms with E-state index in [1.807, 2.05) is 66.4 Å². The normalized spacial score (nSPS) is 26.2. The van der Waals surface area contributed by atoms with Crippen LogP contribution in [0.3, 0.4) is 0 Å². The lowest BCUT2D eigenvalue weighted by molar-refractivity contribution is -0.178. The summed E-state index contributed by atoms with van der Waals surface area (Å²) in [7, 11) is 1.35. The standard InChI is InChI=1S/C34H40N2O8/c1-23-34(33(39)40-2)18-26(16-31(37)35-13-7-4-8-14-35)32(38)36(19-25-11-12-28-29(15-25)43-22-42-28)30(34)17-27(44-23)21-41-20-24-9-5-3-6-10-24/h3,5-6,9-12,15,17,23,26-27H,4,7-8,13-14,16,18-22H2,1-2H3/t23-,26+,27-,34+/m1/s1. The van der Waals surface area contributed by atoms with Crippen molar-refractivity contribution in [1.82, 2.24) is 9.80 Å². The van der Waals surface area contributed by atoms with E-state index in [1.54, 1.807) is 4.90 Å². The molecule has 0 bridgehead atoms. The molecule has 4 atom stereocenters. The topological polar surface area (TPSA) is 104 Å². The Balaban J connectivity index is 1.33. The zero-order valence-electron chi connectivity index (χ0n) is 25.4. The number of benzene rings is 2. The Hall–Kier alpha value is -3.89. The number of carbonyl (C=O) groups is 3. The monoisotopic (exact) mass is 604 g/mol. The highest BCUT2D eigenvalue weighted by Gasteiger charge is 2.59. The van der Waals surface area contributed by atoms with Crippen LogP contribution in [-0.4, -0.2) is 73.4 Å². The van der Waals surface area contributed by atoms with Crippen LogP contribution in [0.5, 0.6) is 11.5 Å². The van der Waals surface area contributed by atoms with Crippen molar-refractivity contribution >= 4 is 17.8 Å². The summed E-state index contributed by atoms with van der Waals surface area (Å²) in [5.41, 5.74) is 1.09. The molecule has 2 aromatic rings. The van der Waals surface area contributed by atoms with Crippen LogP contribution in [-0.2, 0) is 41.7 Å². The number of rotatable bonds is 9. The van der Waals surface area contributed by atoms with E-state index in [9.17, 15) is 14.4 Å². The molecular weight excluding hydrogens is 564 g/mol. The van der Waals surface area contributed by atoms with Crippen molar-refractivity contribution in [2.45, 2.75) is 64.4 Å². The summed E-state index contributed by atoms with van der Waals surface area (Å²) in [4.78, 5) is 45.0. The summed E-state index contributed by atoms with van der Waals surface area (Å²) in [5.74, 6) is -0.219. The van der Waals surface area contributed by atoms with Crippen molar-refractivity contribution in [1.29, 1.82) is 0 Å². The number of methoxy groups -OCH3 is 1. The van der Waals surface area contributed by atoms with Crippen LogP contribution in [0.25, 0.3) is 0 Å². The van der Waals surface area contributed by atoms with Crippen LogP contribution in [0.1, 0.15) is 50.2 Å². The van der Waals surface area contributed by atoms with Gasteiger partial charge in [0.1, 0.15) is 11.5 Å². The summed E-state index contributed by atoms with van der Waals surface area (Å²) in [6.45, 7) is 4.18. The zero-order chi connectivity index (χ0) is 30.7. The molecule has 0 spiro atoms. The van der Waals surface area contributed by atoms with Crippen LogP contribution in [0.4, 0.5) is 0 Å². The van der Waals surface area contributed by atoms with E-state index in [2.05, 4.69) is 0 Å². The van der Waals surface area contributed by atoms with Gasteiger partial charge in [0.25, 0.3) is 0 Å². The van der Waals surface area contributed by atoms with Crippen molar-refractivity contribution < 1.29 is 38.1 Å². The molecule has 6 rings (SSSR count). The maximum atomic E-state index is 14.3. The predicted octanol–water partition coefficient (Wildman–Crippen LogP) is 4.21. The number of hydrogen-bond acceptors (Lipinski definition) is 8. The Morgan fingerprint density at radius 2 is 1.77 bits per heavy atom. The van der Waals surface area contributed by atoms with E-state index in [0.717, 1.165) is 30.4 Å². The lowest BCUT2D eigenvalue weighted by atomic mass is 9.66. The van der Waals surface area contributed by atoms with Crippen LogP contribution >= 0.6 is 0 Å². The molecule has 234 valence electrons. The van der Waals surface area contributed by atoms with E-state index in [4.69, 9.17) is 23.7 Å². The average molecular weight is 605 g/mol. The fourth-order valence-electron chi connectivity index (χ4n) is 6.89. The molecule has 2 saturated heterocycles. The highest BCUT2D eigenvalue weighted by Crippen LogP contribution is 2.51. The largest absolute Gasteiger partial charge is 0.468 e. The number of hydrogen-bond donors (Lipinski definition) is 0. The lowest BCUT2D eigenvalue weighted by Gasteiger charge is -2.51. The molecule has 0 aliphatic carbocycles. The number of ether oxygens (including phenoxy) is 5. The fourth-order valence-corrected chi connectivity index (χ4v) is 6.89. The van der Waals surface area contributed by atoms with Crippen LogP contribution < -0.4 is 9.47 Å². The molecule has 0 unspecified atom stereocenters. The molecule has 4 aliphatic heterocycles. The number of fused-ring (bicyclic) bond motifs is 2. The first-order valence-electron chi connectivity index (χ1n) is 15.4. The Morgan fingerprint density at radius 1 is 1.00 bits per heavy atom. The maximum absolute atomic E-state index is 14.3. The van der Waals surface area contributed by atoms with Gasteiger partial charge in [0.2, 0.25) is 18.6 Å². The number of carbonyl (C=O) groups excluding carboxylic acids is 3. The van der Waals surface area contributed by atoms with Crippen molar-refractivity contribution in [2.24, 2.45) is 11.3 Å². The van der Waals surface area contributed by atoms with Gasteiger partial charge in [-0.15, -0.1) is 0 Å². The van der Waals surface area contributed by atoms with Crippen LogP contribution in [0.2, 0.25) is 0 Å². The van der Waals surface area contributed by atoms with Crippen LogP contribution in [0.15, 0.2) is 60.3 Å². The third-order valence-electron chi connectivity index (χ3n) is 9.20. The van der Waals surface area contributed by atoms with Gasteiger partial charge in [-0.05, 0) is 61.9 Å². The van der Waals surface area contributed by atoms with Gasteiger partial charge >= 0.3 is 5.97 Å². The van der Waals surface area contributed by atoms with E-state index in [-0.39, 0.29) is 44.6 Å². The molecule has 2 amide bonds. The van der Waals surface area contributed by atoms with Crippen molar-refractivity contribution in [3.63, 3.8) is 0 Å². The second kappa shape index (κ2) is 13.0. The molecule has 4 heterocycles. The molecule has 10 nitrogen and oxygen atoms in total. The number of nitrogens with zero attached hydrogens (tertiary/aromatic N) is 2. The first-order valence-corrected chi connectivity index (χ1v) is 15.4. The smallest absolute Gasteiger partial charge is 0.320 e. The van der Waals surface area contributed by atoms with Gasteiger partial charge in [-0.25, -0.2) is 0 Å². The predicted molar refractivity (Wildman–Crippen MR) is 159 cm³/mol. The average Bonchev–Trinajstić information content (AvgIpc) is 3.52. The second-order valence-electron chi connectivity index (χ2n) is 12.0. The summed E-state index contributed by atoms with van der Waals surface area (Å²) in [5, 5.41) is 0. The summed E-state index contributed by atoms with van der Waals surface area (Å²) >= 11 is 0. The number of esters is 1. The Bertz CT molecular complexity index is 1410.